The van der Waals surface area contributed by atoms with Gasteiger partial charge in [0.1, 0.15) is 0 Å². The zero-order chi connectivity index (χ0) is 18.1. The molecule has 2 aromatic heterocycles. The Kier molecular flexibility index (Phi) is 4.16. The first-order chi connectivity index (χ1) is 12.6. The average molecular weight is 347 g/mol. The SMILES string of the molecule is CNc1cncc(-n2cc(-c3cc(C(=O)NC4CC4)ccc3C)cn2)c1. The van der Waals surface area contributed by atoms with E-state index in [-0.39, 0.29) is 5.91 Å². The van der Waals surface area contributed by atoms with Crippen molar-refractivity contribution < 1.29 is 4.79 Å². The number of hydrogen-bond acceptors (Lipinski definition) is 4. The predicted octanol–water partition coefficient (Wildman–Crippen LogP) is 3.18. The molecule has 0 aliphatic heterocycles. The highest BCUT2D eigenvalue weighted by atomic mass is 16.1. The van der Waals surface area contributed by atoms with E-state index in [4.69, 9.17) is 0 Å². The molecule has 0 atom stereocenters. The monoisotopic (exact) mass is 347 g/mol. The largest absolute Gasteiger partial charge is 0.387 e. The van der Waals surface area contributed by atoms with Crippen molar-refractivity contribution in [2.75, 3.05) is 12.4 Å². The number of aryl methyl sites for hydroxylation is 1. The number of carbonyl (C=O) groups excluding carboxylic acids is 1. The Hall–Kier alpha value is -3.15. The van der Waals surface area contributed by atoms with Crippen molar-refractivity contribution in [3.63, 3.8) is 0 Å². The van der Waals surface area contributed by atoms with Gasteiger partial charge in [-0.25, -0.2) is 4.68 Å². The second kappa shape index (κ2) is 6.63. The van der Waals surface area contributed by atoms with Crippen LogP contribution in [0.4, 0.5) is 5.69 Å². The van der Waals surface area contributed by atoms with Gasteiger partial charge in [0.05, 0.1) is 30.0 Å². The third kappa shape index (κ3) is 3.31. The van der Waals surface area contributed by atoms with Crippen LogP contribution in [0.5, 0.6) is 0 Å². The fourth-order valence-electron chi connectivity index (χ4n) is 2.86. The molecule has 2 N–H and O–H groups in total. The Balaban J connectivity index is 1.65. The lowest BCUT2D eigenvalue weighted by Gasteiger charge is -2.08. The molecule has 1 aliphatic carbocycles. The first-order valence-electron chi connectivity index (χ1n) is 8.74. The van der Waals surface area contributed by atoms with Crippen LogP contribution >= 0.6 is 0 Å². The quantitative estimate of drug-likeness (QED) is 0.744. The van der Waals surface area contributed by atoms with Crippen LogP contribution in [0.3, 0.4) is 0 Å². The molecule has 1 aliphatic rings. The van der Waals surface area contributed by atoms with Crippen LogP contribution in [0.2, 0.25) is 0 Å². The average Bonchev–Trinajstić information content (AvgIpc) is 3.34. The molecule has 2 heterocycles. The molecule has 1 amide bonds. The molecule has 0 spiro atoms. The Labute approximate surface area is 152 Å². The maximum absolute atomic E-state index is 12.3. The second-order valence-electron chi connectivity index (χ2n) is 6.63. The van der Waals surface area contributed by atoms with Crippen LogP contribution in [0, 0.1) is 6.92 Å². The number of nitrogens with zero attached hydrogens (tertiary/aromatic N) is 3. The molecule has 26 heavy (non-hydrogen) atoms. The topological polar surface area (TPSA) is 71.8 Å². The third-order valence-corrected chi connectivity index (χ3v) is 4.58. The Morgan fingerprint density at radius 3 is 2.81 bits per heavy atom. The smallest absolute Gasteiger partial charge is 0.251 e. The fraction of sp³-hybridized carbons (Fsp3) is 0.250. The normalized spacial score (nSPS) is 13.5. The summed E-state index contributed by atoms with van der Waals surface area (Å²) in [6.07, 6.45) is 9.47. The molecular formula is C20H21N5O. The van der Waals surface area contributed by atoms with E-state index < -0.39 is 0 Å². The summed E-state index contributed by atoms with van der Waals surface area (Å²) < 4.78 is 1.79. The summed E-state index contributed by atoms with van der Waals surface area (Å²) in [4.78, 5) is 16.6. The zero-order valence-electron chi connectivity index (χ0n) is 14.9. The second-order valence-corrected chi connectivity index (χ2v) is 6.63. The number of hydrogen-bond donors (Lipinski definition) is 2. The number of nitrogens with one attached hydrogen (secondary N) is 2. The molecule has 6 heteroatoms. The first-order valence-corrected chi connectivity index (χ1v) is 8.74. The standard InChI is InChI=1S/C20H21N5O/c1-13-3-4-14(20(26)24-16-5-6-16)7-19(13)15-9-23-25(12-15)18-8-17(21-2)10-22-11-18/h3-4,7-12,16,21H,5-6H2,1-2H3,(H,24,26). The summed E-state index contributed by atoms with van der Waals surface area (Å²) in [7, 11) is 1.86. The van der Waals surface area contributed by atoms with Crippen LogP contribution < -0.4 is 10.6 Å². The van der Waals surface area contributed by atoms with Crippen molar-refractivity contribution in [2.24, 2.45) is 0 Å². The van der Waals surface area contributed by atoms with Crippen LogP contribution in [-0.4, -0.2) is 33.8 Å². The molecule has 4 rings (SSSR count). The first kappa shape index (κ1) is 16.3. The molecule has 0 unspecified atom stereocenters. The van der Waals surface area contributed by atoms with Crippen molar-refractivity contribution in [1.82, 2.24) is 20.1 Å². The van der Waals surface area contributed by atoms with Crippen LogP contribution in [-0.2, 0) is 0 Å². The molecule has 0 radical (unpaired) electrons. The van der Waals surface area contributed by atoms with E-state index in [1.54, 1.807) is 17.1 Å². The number of aromatic nitrogens is 3. The van der Waals surface area contributed by atoms with E-state index >= 15 is 0 Å². The Morgan fingerprint density at radius 1 is 1.19 bits per heavy atom. The van der Waals surface area contributed by atoms with Gasteiger partial charge in [-0.05, 0) is 49.1 Å². The van der Waals surface area contributed by atoms with E-state index in [0.29, 0.717) is 11.6 Å². The van der Waals surface area contributed by atoms with E-state index in [2.05, 4.69) is 20.7 Å². The predicted molar refractivity (Wildman–Crippen MR) is 102 cm³/mol. The van der Waals surface area contributed by atoms with Gasteiger partial charge in [-0.1, -0.05) is 6.07 Å². The summed E-state index contributed by atoms with van der Waals surface area (Å²) in [6, 6.07) is 8.13. The minimum Gasteiger partial charge on any atom is -0.387 e. The summed E-state index contributed by atoms with van der Waals surface area (Å²) >= 11 is 0. The molecule has 1 aromatic carbocycles. The molecule has 3 aromatic rings. The van der Waals surface area contributed by atoms with Gasteiger partial charge >= 0.3 is 0 Å². The number of amides is 1. The molecule has 132 valence electrons. The van der Waals surface area contributed by atoms with Crippen molar-refractivity contribution in [1.29, 1.82) is 0 Å². The Morgan fingerprint density at radius 2 is 2.04 bits per heavy atom. The molecule has 6 nitrogen and oxygen atoms in total. The minimum atomic E-state index is -0.00735. The number of pyridine rings is 1. The van der Waals surface area contributed by atoms with E-state index in [1.807, 2.05) is 50.6 Å². The molecule has 0 bridgehead atoms. The summed E-state index contributed by atoms with van der Waals surface area (Å²) in [5.74, 6) is -0.00735. The van der Waals surface area contributed by atoms with Gasteiger partial charge in [-0.15, -0.1) is 0 Å². The summed E-state index contributed by atoms with van der Waals surface area (Å²) in [6.45, 7) is 2.04. The highest BCUT2D eigenvalue weighted by Crippen LogP contribution is 2.26. The zero-order valence-corrected chi connectivity index (χ0v) is 14.9. The molecular weight excluding hydrogens is 326 g/mol. The van der Waals surface area contributed by atoms with Gasteiger partial charge < -0.3 is 10.6 Å². The number of benzene rings is 1. The lowest BCUT2D eigenvalue weighted by molar-refractivity contribution is 0.0951. The van der Waals surface area contributed by atoms with Gasteiger partial charge in [-0.3, -0.25) is 9.78 Å². The molecule has 1 fully saturated rings. The number of anilines is 1. The summed E-state index contributed by atoms with van der Waals surface area (Å²) in [5, 5.41) is 10.6. The van der Waals surface area contributed by atoms with Crippen molar-refractivity contribution in [3.05, 3.63) is 60.2 Å². The van der Waals surface area contributed by atoms with Crippen molar-refractivity contribution in [2.45, 2.75) is 25.8 Å². The maximum Gasteiger partial charge on any atom is 0.251 e. The maximum atomic E-state index is 12.3. The van der Waals surface area contributed by atoms with Crippen molar-refractivity contribution in [3.8, 4) is 16.8 Å². The van der Waals surface area contributed by atoms with E-state index in [0.717, 1.165) is 40.9 Å². The summed E-state index contributed by atoms with van der Waals surface area (Å²) in [5.41, 5.74) is 5.58. The van der Waals surface area contributed by atoms with Gasteiger partial charge in [0, 0.05) is 30.4 Å². The number of carbonyl (C=O) groups is 1. The van der Waals surface area contributed by atoms with Crippen LogP contribution in [0.25, 0.3) is 16.8 Å². The molecule has 0 saturated heterocycles. The lowest BCUT2D eigenvalue weighted by atomic mass is 10.0. The van der Waals surface area contributed by atoms with Gasteiger partial charge in [-0.2, -0.15) is 5.10 Å². The van der Waals surface area contributed by atoms with Crippen molar-refractivity contribution >= 4 is 11.6 Å². The van der Waals surface area contributed by atoms with Crippen LogP contribution in [0.1, 0.15) is 28.8 Å². The van der Waals surface area contributed by atoms with E-state index in [9.17, 15) is 4.79 Å². The highest BCUT2D eigenvalue weighted by molar-refractivity contribution is 5.96. The van der Waals surface area contributed by atoms with Gasteiger partial charge in [0.25, 0.3) is 5.91 Å². The Bertz CT molecular complexity index is 958. The highest BCUT2D eigenvalue weighted by Gasteiger charge is 2.24. The number of rotatable bonds is 5. The minimum absolute atomic E-state index is 0.00735. The lowest BCUT2D eigenvalue weighted by Crippen LogP contribution is -2.25. The van der Waals surface area contributed by atoms with Crippen LogP contribution in [0.15, 0.2) is 49.1 Å². The van der Waals surface area contributed by atoms with Gasteiger partial charge in [0.15, 0.2) is 0 Å². The van der Waals surface area contributed by atoms with E-state index in [1.165, 1.54) is 0 Å². The molecule has 1 saturated carbocycles. The third-order valence-electron chi connectivity index (χ3n) is 4.58. The van der Waals surface area contributed by atoms with Gasteiger partial charge in [0.2, 0.25) is 0 Å². The fourth-order valence-corrected chi connectivity index (χ4v) is 2.86.